The van der Waals surface area contributed by atoms with Crippen molar-refractivity contribution in [2.75, 3.05) is 0 Å². The molecule has 0 aliphatic heterocycles. The second-order valence-corrected chi connectivity index (χ2v) is 8.03. The molecule has 1 heterocycles. The van der Waals surface area contributed by atoms with Gasteiger partial charge in [-0.05, 0) is 77.5 Å². The van der Waals surface area contributed by atoms with E-state index in [1.807, 2.05) is 27.7 Å². The molecule has 0 fully saturated rings. The smallest absolute Gasteiger partial charge is 0.224 e. The highest BCUT2D eigenvalue weighted by Crippen LogP contribution is 2.28. The van der Waals surface area contributed by atoms with Gasteiger partial charge < -0.3 is 15.4 Å². The predicted octanol–water partition coefficient (Wildman–Crippen LogP) is 4.08. The SMILES string of the molecule is Cc1[nH]c2c(C)ccc(C)c2c1CC(=O)N[C@@H](C)CCCC(C)(C)O. The molecule has 0 saturated heterocycles. The first kappa shape index (κ1) is 19.5. The normalized spacial score (nSPS) is 13.2. The van der Waals surface area contributed by atoms with Crippen molar-refractivity contribution in [3.8, 4) is 0 Å². The summed E-state index contributed by atoms with van der Waals surface area (Å²) >= 11 is 0. The van der Waals surface area contributed by atoms with Crippen LogP contribution in [0.15, 0.2) is 12.1 Å². The first-order valence-corrected chi connectivity index (χ1v) is 9.17. The van der Waals surface area contributed by atoms with Crippen LogP contribution in [-0.2, 0) is 11.2 Å². The number of H-pyrrole nitrogens is 1. The number of amides is 1. The number of carbonyl (C=O) groups is 1. The quantitative estimate of drug-likeness (QED) is 0.708. The number of carbonyl (C=O) groups excluding carboxylic acids is 1. The number of aromatic nitrogens is 1. The van der Waals surface area contributed by atoms with Crippen LogP contribution in [0, 0.1) is 20.8 Å². The molecule has 0 radical (unpaired) electrons. The molecule has 0 aliphatic rings. The van der Waals surface area contributed by atoms with E-state index in [-0.39, 0.29) is 11.9 Å². The Labute approximate surface area is 151 Å². The number of benzene rings is 1. The largest absolute Gasteiger partial charge is 0.390 e. The maximum Gasteiger partial charge on any atom is 0.224 e. The third-order valence-electron chi connectivity index (χ3n) is 4.86. The van der Waals surface area contributed by atoms with E-state index < -0.39 is 5.60 Å². The molecule has 4 heteroatoms. The maximum atomic E-state index is 12.5. The highest BCUT2D eigenvalue weighted by atomic mass is 16.3. The van der Waals surface area contributed by atoms with Crippen molar-refractivity contribution in [3.63, 3.8) is 0 Å². The standard InChI is InChI=1S/C21H32N2O2/c1-13-9-10-14(2)20-19(13)17(16(4)23-20)12-18(24)22-15(3)8-7-11-21(5,6)25/h9-10,15,23,25H,7-8,11-12H2,1-6H3,(H,22,24)/t15-/m0/s1. The molecule has 0 unspecified atom stereocenters. The van der Waals surface area contributed by atoms with Gasteiger partial charge in [0.15, 0.2) is 0 Å². The lowest BCUT2D eigenvalue weighted by molar-refractivity contribution is -0.121. The first-order valence-electron chi connectivity index (χ1n) is 9.17. The average Bonchev–Trinajstić information content (AvgIpc) is 2.80. The van der Waals surface area contributed by atoms with Crippen LogP contribution in [-0.4, -0.2) is 27.6 Å². The number of aryl methyl sites for hydroxylation is 3. The van der Waals surface area contributed by atoms with E-state index in [0.29, 0.717) is 6.42 Å². The van der Waals surface area contributed by atoms with Gasteiger partial charge in [0.2, 0.25) is 5.91 Å². The van der Waals surface area contributed by atoms with Crippen molar-refractivity contribution in [1.29, 1.82) is 0 Å². The Hall–Kier alpha value is -1.81. The van der Waals surface area contributed by atoms with Crippen LogP contribution in [0.5, 0.6) is 0 Å². The van der Waals surface area contributed by atoms with Crippen LogP contribution in [0.25, 0.3) is 10.9 Å². The number of hydrogen-bond donors (Lipinski definition) is 3. The molecular weight excluding hydrogens is 312 g/mol. The van der Waals surface area contributed by atoms with Gasteiger partial charge in [-0.1, -0.05) is 12.1 Å². The first-order chi connectivity index (χ1) is 11.6. The minimum atomic E-state index is -0.639. The molecule has 25 heavy (non-hydrogen) atoms. The average molecular weight is 344 g/mol. The Kier molecular flexibility index (Phi) is 5.94. The van der Waals surface area contributed by atoms with Gasteiger partial charge in [0.1, 0.15) is 0 Å². The van der Waals surface area contributed by atoms with Gasteiger partial charge in [-0.15, -0.1) is 0 Å². The zero-order chi connectivity index (χ0) is 18.8. The van der Waals surface area contributed by atoms with Crippen LogP contribution in [0.1, 0.15) is 62.4 Å². The summed E-state index contributed by atoms with van der Waals surface area (Å²) < 4.78 is 0. The van der Waals surface area contributed by atoms with Crippen LogP contribution in [0.3, 0.4) is 0 Å². The second-order valence-electron chi connectivity index (χ2n) is 8.03. The molecule has 0 saturated carbocycles. The third kappa shape index (κ3) is 5.08. The monoisotopic (exact) mass is 344 g/mol. The number of nitrogens with one attached hydrogen (secondary N) is 2. The van der Waals surface area contributed by atoms with Gasteiger partial charge in [-0.25, -0.2) is 0 Å². The lowest BCUT2D eigenvalue weighted by Crippen LogP contribution is -2.34. The zero-order valence-corrected chi connectivity index (χ0v) is 16.4. The van der Waals surface area contributed by atoms with E-state index in [4.69, 9.17) is 0 Å². The molecule has 1 aromatic carbocycles. The van der Waals surface area contributed by atoms with Gasteiger partial charge in [-0.3, -0.25) is 4.79 Å². The molecule has 2 aromatic rings. The number of fused-ring (bicyclic) bond motifs is 1. The number of rotatable bonds is 7. The Morgan fingerprint density at radius 3 is 2.52 bits per heavy atom. The van der Waals surface area contributed by atoms with Crippen LogP contribution < -0.4 is 5.32 Å². The predicted molar refractivity (Wildman–Crippen MR) is 104 cm³/mol. The molecule has 1 atom stereocenters. The molecule has 138 valence electrons. The van der Waals surface area contributed by atoms with Gasteiger partial charge >= 0.3 is 0 Å². The Morgan fingerprint density at radius 1 is 1.24 bits per heavy atom. The summed E-state index contributed by atoms with van der Waals surface area (Å²) in [6.07, 6.45) is 2.91. The molecule has 1 aromatic heterocycles. The van der Waals surface area contributed by atoms with E-state index in [1.54, 1.807) is 0 Å². The number of aliphatic hydroxyl groups is 1. The van der Waals surface area contributed by atoms with Crippen molar-refractivity contribution < 1.29 is 9.90 Å². The van der Waals surface area contributed by atoms with E-state index >= 15 is 0 Å². The molecule has 3 N–H and O–H groups in total. The molecule has 0 aliphatic carbocycles. The van der Waals surface area contributed by atoms with Crippen molar-refractivity contribution >= 4 is 16.8 Å². The van der Waals surface area contributed by atoms with Crippen LogP contribution in [0.2, 0.25) is 0 Å². The molecule has 4 nitrogen and oxygen atoms in total. The molecule has 0 bridgehead atoms. The van der Waals surface area contributed by atoms with Gasteiger partial charge in [0, 0.05) is 22.6 Å². The van der Waals surface area contributed by atoms with E-state index in [1.165, 1.54) is 16.5 Å². The van der Waals surface area contributed by atoms with E-state index in [2.05, 4.69) is 36.3 Å². The number of hydrogen-bond acceptors (Lipinski definition) is 2. The summed E-state index contributed by atoms with van der Waals surface area (Å²) in [6, 6.07) is 4.34. The van der Waals surface area contributed by atoms with Crippen molar-refractivity contribution in [1.82, 2.24) is 10.3 Å². The topological polar surface area (TPSA) is 65.1 Å². The fraction of sp³-hybridized carbons (Fsp3) is 0.571. The molecular formula is C21H32N2O2. The Morgan fingerprint density at radius 2 is 1.88 bits per heavy atom. The molecule has 0 spiro atoms. The molecule has 2 rings (SSSR count). The maximum absolute atomic E-state index is 12.5. The number of aromatic amines is 1. The van der Waals surface area contributed by atoms with Crippen LogP contribution >= 0.6 is 0 Å². The van der Waals surface area contributed by atoms with Crippen molar-refractivity contribution in [2.45, 2.75) is 78.9 Å². The summed E-state index contributed by atoms with van der Waals surface area (Å²) in [5.74, 6) is 0.0562. The summed E-state index contributed by atoms with van der Waals surface area (Å²) in [5.41, 5.74) is 5.06. The van der Waals surface area contributed by atoms with Gasteiger partial charge in [0.25, 0.3) is 0 Å². The lowest BCUT2D eigenvalue weighted by Gasteiger charge is -2.19. The minimum Gasteiger partial charge on any atom is -0.390 e. The summed E-state index contributed by atoms with van der Waals surface area (Å²) in [6.45, 7) is 11.9. The van der Waals surface area contributed by atoms with E-state index in [0.717, 1.165) is 36.0 Å². The summed E-state index contributed by atoms with van der Waals surface area (Å²) in [4.78, 5) is 15.9. The lowest BCUT2D eigenvalue weighted by atomic mass is 9.99. The van der Waals surface area contributed by atoms with Crippen molar-refractivity contribution in [2.24, 2.45) is 0 Å². The Balaban J connectivity index is 2.03. The molecule has 1 amide bonds. The van der Waals surface area contributed by atoms with Gasteiger partial charge in [0.05, 0.1) is 12.0 Å². The summed E-state index contributed by atoms with van der Waals surface area (Å²) in [5, 5.41) is 14.1. The van der Waals surface area contributed by atoms with Crippen molar-refractivity contribution in [3.05, 3.63) is 34.5 Å². The zero-order valence-electron chi connectivity index (χ0n) is 16.4. The van der Waals surface area contributed by atoms with Gasteiger partial charge in [-0.2, -0.15) is 0 Å². The third-order valence-corrected chi connectivity index (χ3v) is 4.86. The minimum absolute atomic E-state index is 0.0562. The fourth-order valence-electron chi connectivity index (χ4n) is 3.43. The Bertz CT molecular complexity index is 753. The van der Waals surface area contributed by atoms with E-state index in [9.17, 15) is 9.90 Å². The van der Waals surface area contributed by atoms with Crippen LogP contribution in [0.4, 0.5) is 0 Å². The summed E-state index contributed by atoms with van der Waals surface area (Å²) in [7, 11) is 0. The fourth-order valence-corrected chi connectivity index (χ4v) is 3.43. The highest BCUT2D eigenvalue weighted by molar-refractivity contribution is 5.93. The highest BCUT2D eigenvalue weighted by Gasteiger charge is 2.17. The second kappa shape index (κ2) is 7.61.